The predicted molar refractivity (Wildman–Crippen MR) is 65.4 cm³/mol. The standard InChI is InChI=1S/C13H16N2O2/c1-16-11-4-5-14-13-12(11)10(7-15-13)9-3-2-6-17-8-9/h4-5,7,9H,2-3,6,8H2,1H3,(H,14,15). The Morgan fingerprint density at radius 2 is 2.47 bits per heavy atom. The van der Waals surface area contributed by atoms with Gasteiger partial charge >= 0.3 is 0 Å². The van der Waals surface area contributed by atoms with E-state index < -0.39 is 0 Å². The van der Waals surface area contributed by atoms with E-state index >= 15 is 0 Å². The molecule has 4 nitrogen and oxygen atoms in total. The number of methoxy groups -OCH3 is 1. The number of hydrogen-bond acceptors (Lipinski definition) is 3. The predicted octanol–water partition coefficient (Wildman–Crippen LogP) is 2.47. The van der Waals surface area contributed by atoms with Crippen molar-refractivity contribution in [3.8, 4) is 5.75 Å². The maximum absolute atomic E-state index is 5.55. The van der Waals surface area contributed by atoms with Gasteiger partial charge in [-0.05, 0) is 24.5 Å². The first-order valence-corrected chi connectivity index (χ1v) is 5.98. The molecule has 1 fully saturated rings. The molecule has 1 N–H and O–H groups in total. The zero-order chi connectivity index (χ0) is 11.7. The van der Waals surface area contributed by atoms with Crippen LogP contribution in [0, 0.1) is 0 Å². The molecule has 2 aromatic rings. The van der Waals surface area contributed by atoms with E-state index in [0.717, 1.165) is 36.4 Å². The van der Waals surface area contributed by atoms with Crippen LogP contribution in [0.15, 0.2) is 18.5 Å². The summed E-state index contributed by atoms with van der Waals surface area (Å²) in [5, 5.41) is 1.10. The summed E-state index contributed by atoms with van der Waals surface area (Å²) in [6.45, 7) is 1.68. The minimum Gasteiger partial charge on any atom is -0.496 e. The van der Waals surface area contributed by atoms with E-state index in [1.54, 1.807) is 13.3 Å². The van der Waals surface area contributed by atoms with Crippen molar-refractivity contribution in [1.82, 2.24) is 9.97 Å². The zero-order valence-electron chi connectivity index (χ0n) is 9.90. The maximum atomic E-state index is 5.55. The third kappa shape index (κ3) is 1.78. The van der Waals surface area contributed by atoms with Crippen molar-refractivity contribution in [2.75, 3.05) is 20.3 Å². The number of H-pyrrole nitrogens is 1. The number of nitrogens with zero attached hydrogens (tertiary/aromatic N) is 1. The van der Waals surface area contributed by atoms with E-state index in [9.17, 15) is 0 Å². The third-order valence-corrected chi connectivity index (χ3v) is 3.39. The largest absolute Gasteiger partial charge is 0.496 e. The van der Waals surface area contributed by atoms with E-state index in [4.69, 9.17) is 9.47 Å². The van der Waals surface area contributed by atoms with Gasteiger partial charge < -0.3 is 14.5 Å². The van der Waals surface area contributed by atoms with Crippen LogP contribution in [0.1, 0.15) is 24.3 Å². The molecule has 1 aliphatic rings. The van der Waals surface area contributed by atoms with Crippen molar-refractivity contribution < 1.29 is 9.47 Å². The number of pyridine rings is 1. The Hall–Kier alpha value is -1.55. The first-order valence-electron chi connectivity index (χ1n) is 5.98. The molecule has 90 valence electrons. The molecule has 1 saturated heterocycles. The van der Waals surface area contributed by atoms with Crippen LogP contribution >= 0.6 is 0 Å². The molecule has 1 aliphatic heterocycles. The fraction of sp³-hybridized carbons (Fsp3) is 0.462. The Kier molecular flexibility index (Phi) is 2.73. The Morgan fingerprint density at radius 3 is 3.24 bits per heavy atom. The summed E-state index contributed by atoms with van der Waals surface area (Å²) in [7, 11) is 1.70. The summed E-state index contributed by atoms with van der Waals surface area (Å²) in [6.07, 6.45) is 6.10. The van der Waals surface area contributed by atoms with Crippen molar-refractivity contribution in [1.29, 1.82) is 0 Å². The van der Waals surface area contributed by atoms with Crippen LogP contribution in [0.25, 0.3) is 11.0 Å². The molecule has 1 unspecified atom stereocenters. The summed E-state index contributed by atoms with van der Waals surface area (Å²) < 4.78 is 11.0. The number of fused-ring (bicyclic) bond motifs is 1. The highest BCUT2D eigenvalue weighted by atomic mass is 16.5. The summed E-state index contributed by atoms with van der Waals surface area (Å²) in [6, 6.07) is 1.91. The Balaban J connectivity index is 2.09. The Bertz CT molecular complexity index is 515. The molecular weight excluding hydrogens is 216 g/mol. The molecule has 0 bridgehead atoms. The van der Waals surface area contributed by atoms with Crippen LogP contribution in [0.3, 0.4) is 0 Å². The monoisotopic (exact) mass is 232 g/mol. The fourth-order valence-corrected chi connectivity index (χ4v) is 2.53. The summed E-state index contributed by atoms with van der Waals surface area (Å²) in [5.74, 6) is 1.34. The van der Waals surface area contributed by atoms with Crippen LogP contribution in [0.2, 0.25) is 0 Å². The van der Waals surface area contributed by atoms with Gasteiger partial charge in [-0.1, -0.05) is 0 Å². The van der Waals surface area contributed by atoms with Gasteiger partial charge in [-0.15, -0.1) is 0 Å². The number of ether oxygens (including phenoxy) is 2. The fourth-order valence-electron chi connectivity index (χ4n) is 2.53. The summed E-state index contributed by atoms with van der Waals surface area (Å²) >= 11 is 0. The number of rotatable bonds is 2. The SMILES string of the molecule is COc1ccnc2[nH]cc(C3CCCOC3)c12. The number of aromatic amines is 1. The van der Waals surface area contributed by atoms with Gasteiger partial charge in [-0.2, -0.15) is 0 Å². The molecule has 0 spiro atoms. The van der Waals surface area contributed by atoms with Crippen molar-refractivity contribution >= 4 is 11.0 Å². The Labute approximate surface area is 100.0 Å². The molecule has 4 heteroatoms. The molecule has 3 rings (SSSR count). The van der Waals surface area contributed by atoms with Crippen molar-refractivity contribution in [2.24, 2.45) is 0 Å². The lowest BCUT2D eigenvalue weighted by molar-refractivity contribution is 0.0808. The second kappa shape index (κ2) is 4.37. The van der Waals surface area contributed by atoms with Crippen LogP contribution in [-0.4, -0.2) is 30.3 Å². The van der Waals surface area contributed by atoms with Crippen molar-refractivity contribution in [3.63, 3.8) is 0 Å². The number of aromatic nitrogens is 2. The highest BCUT2D eigenvalue weighted by Crippen LogP contribution is 2.35. The molecule has 3 heterocycles. The molecule has 1 atom stereocenters. The number of nitrogens with one attached hydrogen (secondary N) is 1. The average molecular weight is 232 g/mol. The van der Waals surface area contributed by atoms with Crippen molar-refractivity contribution in [3.05, 3.63) is 24.0 Å². The van der Waals surface area contributed by atoms with Gasteiger partial charge in [0.15, 0.2) is 0 Å². The molecule has 0 aliphatic carbocycles. The topological polar surface area (TPSA) is 47.1 Å². The second-order valence-corrected chi connectivity index (χ2v) is 4.39. The lowest BCUT2D eigenvalue weighted by Gasteiger charge is -2.21. The van der Waals surface area contributed by atoms with Crippen LogP contribution in [0.4, 0.5) is 0 Å². The van der Waals surface area contributed by atoms with Gasteiger partial charge in [0, 0.05) is 24.9 Å². The van der Waals surface area contributed by atoms with Gasteiger partial charge in [0.05, 0.1) is 19.1 Å². The summed E-state index contributed by atoms with van der Waals surface area (Å²) in [4.78, 5) is 7.54. The van der Waals surface area contributed by atoms with E-state index in [1.165, 1.54) is 12.0 Å². The van der Waals surface area contributed by atoms with E-state index in [-0.39, 0.29) is 0 Å². The maximum Gasteiger partial charge on any atom is 0.141 e. The van der Waals surface area contributed by atoms with Crippen molar-refractivity contribution in [2.45, 2.75) is 18.8 Å². The molecule has 17 heavy (non-hydrogen) atoms. The lowest BCUT2D eigenvalue weighted by atomic mass is 9.93. The first kappa shape index (κ1) is 10.6. The molecule has 0 aromatic carbocycles. The van der Waals surface area contributed by atoms with Crippen LogP contribution in [-0.2, 0) is 4.74 Å². The van der Waals surface area contributed by atoms with E-state index in [0.29, 0.717) is 5.92 Å². The highest BCUT2D eigenvalue weighted by molar-refractivity contribution is 5.86. The molecule has 2 aromatic heterocycles. The summed E-state index contributed by atoms with van der Waals surface area (Å²) in [5.41, 5.74) is 2.16. The average Bonchev–Trinajstić information content (AvgIpc) is 2.83. The molecule has 0 saturated carbocycles. The lowest BCUT2D eigenvalue weighted by Crippen LogP contribution is -2.15. The first-order chi connectivity index (χ1) is 8.40. The normalized spacial score (nSPS) is 20.6. The highest BCUT2D eigenvalue weighted by Gasteiger charge is 2.21. The smallest absolute Gasteiger partial charge is 0.141 e. The second-order valence-electron chi connectivity index (χ2n) is 4.39. The minimum absolute atomic E-state index is 0.454. The van der Waals surface area contributed by atoms with E-state index in [1.807, 2.05) is 12.3 Å². The van der Waals surface area contributed by atoms with Gasteiger partial charge in [0.1, 0.15) is 11.4 Å². The van der Waals surface area contributed by atoms with Gasteiger partial charge in [-0.25, -0.2) is 4.98 Å². The minimum atomic E-state index is 0.454. The quantitative estimate of drug-likeness (QED) is 0.865. The number of hydrogen-bond donors (Lipinski definition) is 1. The van der Waals surface area contributed by atoms with E-state index in [2.05, 4.69) is 9.97 Å². The Morgan fingerprint density at radius 1 is 1.53 bits per heavy atom. The molecule has 0 amide bonds. The molecule has 0 radical (unpaired) electrons. The van der Waals surface area contributed by atoms with Gasteiger partial charge in [0.2, 0.25) is 0 Å². The van der Waals surface area contributed by atoms with Gasteiger partial charge in [0.25, 0.3) is 0 Å². The van der Waals surface area contributed by atoms with Crippen LogP contribution in [0.5, 0.6) is 5.75 Å². The molecular formula is C13H16N2O2. The zero-order valence-corrected chi connectivity index (χ0v) is 9.90. The van der Waals surface area contributed by atoms with Crippen LogP contribution < -0.4 is 4.74 Å². The third-order valence-electron chi connectivity index (χ3n) is 3.39. The van der Waals surface area contributed by atoms with Gasteiger partial charge in [-0.3, -0.25) is 0 Å².